The van der Waals surface area contributed by atoms with Gasteiger partial charge in [-0.3, -0.25) is 9.48 Å². The van der Waals surface area contributed by atoms with E-state index in [-0.39, 0.29) is 24.1 Å². The maximum Gasteiger partial charge on any atom is 0.273 e. The molecular weight excluding hydrogens is 328 g/mol. The summed E-state index contributed by atoms with van der Waals surface area (Å²) in [6, 6.07) is 1.58. The summed E-state index contributed by atoms with van der Waals surface area (Å²) < 4.78 is 7.63. The molecule has 20 heavy (non-hydrogen) atoms. The van der Waals surface area contributed by atoms with E-state index in [1.165, 1.54) is 0 Å². The minimum absolute atomic E-state index is 0.00625. The number of aromatic nitrogens is 3. The van der Waals surface area contributed by atoms with E-state index in [9.17, 15) is 4.79 Å². The van der Waals surface area contributed by atoms with Gasteiger partial charge in [0.1, 0.15) is 6.54 Å². The van der Waals surface area contributed by atoms with Crippen molar-refractivity contribution in [3.8, 4) is 0 Å². The Morgan fingerprint density at radius 2 is 2.45 bits per heavy atom. The number of aliphatic hydroxyl groups is 1. The second-order valence-corrected chi connectivity index (χ2v) is 5.45. The quantitative estimate of drug-likeness (QED) is 0.818. The summed E-state index contributed by atoms with van der Waals surface area (Å²) in [5.74, 6) is 0.231. The molecule has 0 saturated heterocycles. The SMILES string of the molecule is CC(CO)CNC(=O)c1cc(Cn2cc(Br)cn2)on1. The van der Waals surface area contributed by atoms with Crippen molar-refractivity contribution >= 4 is 21.8 Å². The third-order valence-corrected chi connectivity index (χ3v) is 3.04. The van der Waals surface area contributed by atoms with Crippen LogP contribution < -0.4 is 5.32 Å². The molecule has 0 saturated carbocycles. The summed E-state index contributed by atoms with van der Waals surface area (Å²) in [6.45, 7) is 2.66. The van der Waals surface area contributed by atoms with E-state index >= 15 is 0 Å². The predicted molar refractivity (Wildman–Crippen MR) is 74.1 cm³/mol. The normalized spacial score (nSPS) is 12.3. The molecule has 0 radical (unpaired) electrons. The fourth-order valence-electron chi connectivity index (χ4n) is 1.50. The Morgan fingerprint density at radius 1 is 1.65 bits per heavy atom. The van der Waals surface area contributed by atoms with Crippen molar-refractivity contribution in [2.24, 2.45) is 5.92 Å². The Balaban J connectivity index is 1.93. The zero-order valence-electron chi connectivity index (χ0n) is 10.9. The van der Waals surface area contributed by atoms with Crippen LogP contribution in [0.25, 0.3) is 0 Å². The number of carbonyl (C=O) groups excluding carboxylic acids is 1. The van der Waals surface area contributed by atoms with Crippen LogP contribution in [-0.2, 0) is 6.54 Å². The fourth-order valence-corrected chi connectivity index (χ4v) is 1.83. The van der Waals surface area contributed by atoms with Gasteiger partial charge in [0.05, 0.1) is 10.7 Å². The largest absolute Gasteiger partial charge is 0.396 e. The molecule has 2 N–H and O–H groups in total. The van der Waals surface area contributed by atoms with Gasteiger partial charge in [0.15, 0.2) is 11.5 Å². The molecule has 1 atom stereocenters. The van der Waals surface area contributed by atoms with Crippen LogP contribution in [0.2, 0.25) is 0 Å². The smallest absolute Gasteiger partial charge is 0.273 e. The maximum absolute atomic E-state index is 11.8. The Labute approximate surface area is 124 Å². The molecular formula is C12H15BrN4O3. The summed E-state index contributed by atoms with van der Waals surface area (Å²) in [5.41, 5.74) is 0.219. The van der Waals surface area contributed by atoms with Gasteiger partial charge < -0.3 is 14.9 Å². The summed E-state index contributed by atoms with van der Waals surface area (Å²) in [5, 5.41) is 19.4. The molecule has 0 aromatic carbocycles. The average Bonchev–Trinajstić information content (AvgIpc) is 3.05. The topological polar surface area (TPSA) is 93.2 Å². The van der Waals surface area contributed by atoms with Crippen LogP contribution in [-0.4, -0.2) is 39.1 Å². The molecule has 0 fully saturated rings. The lowest BCUT2D eigenvalue weighted by atomic mass is 10.2. The monoisotopic (exact) mass is 342 g/mol. The van der Waals surface area contributed by atoms with Gasteiger partial charge in [-0.2, -0.15) is 5.10 Å². The van der Waals surface area contributed by atoms with Crippen molar-refractivity contribution in [3.05, 3.63) is 34.4 Å². The van der Waals surface area contributed by atoms with E-state index < -0.39 is 0 Å². The molecule has 0 aliphatic heterocycles. The summed E-state index contributed by atoms with van der Waals surface area (Å²) in [6.07, 6.45) is 3.46. The minimum Gasteiger partial charge on any atom is -0.396 e. The molecule has 7 nitrogen and oxygen atoms in total. The van der Waals surface area contributed by atoms with Crippen molar-refractivity contribution < 1.29 is 14.4 Å². The second-order valence-electron chi connectivity index (χ2n) is 4.53. The summed E-state index contributed by atoms with van der Waals surface area (Å²) in [7, 11) is 0. The van der Waals surface area contributed by atoms with Crippen molar-refractivity contribution in [1.29, 1.82) is 0 Å². The van der Waals surface area contributed by atoms with Crippen LogP contribution in [0.1, 0.15) is 23.2 Å². The van der Waals surface area contributed by atoms with E-state index in [1.54, 1.807) is 23.1 Å². The van der Waals surface area contributed by atoms with Crippen LogP contribution in [0, 0.1) is 5.92 Å². The van der Waals surface area contributed by atoms with Crippen molar-refractivity contribution in [3.63, 3.8) is 0 Å². The first kappa shape index (κ1) is 14.7. The van der Waals surface area contributed by atoms with E-state index in [0.717, 1.165) is 4.47 Å². The molecule has 108 valence electrons. The Bertz CT molecular complexity index is 581. The maximum atomic E-state index is 11.8. The van der Waals surface area contributed by atoms with E-state index in [0.29, 0.717) is 18.8 Å². The van der Waals surface area contributed by atoms with Gasteiger partial charge in [-0.05, 0) is 21.8 Å². The highest BCUT2D eigenvalue weighted by Crippen LogP contribution is 2.10. The highest BCUT2D eigenvalue weighted by molar-refractivity contribution is 9.10. The zero-order chi connectivity index (χ0) is 14.5. The Hall–Kier alpha value is -1.67. The number of hydrogen-bond acceptors (Lipinski definition) is 5. The highest BCUT2D eigenvalue weighted by atomic mass is 79.9. The molecule has 0 bridgehead atoms. The van der Waals surface area contributed by atoms with Gasteiger partial charge in [-0.15, -0.1) is 0 Å². The first-order valence-corrected chi connectivity index (χ1v) is 6.90. The molecule has 2 aromatic rings. The summed E-state index contributed by atoms with van der Waals surface area (Å²) >= 11 is 3.30. The number of amides is 1. The molecule has 2 rings (SSSR count). The van der Waals surface area contributed by atoms with Crippen molar-refractivity contribution in [2.75, 3.05) is 13.2 Å². The number of rotatable bonds is 6. The lowest BCUT2D eigenvalue weighted by Gasteiger charge is -2.07. The standard InChI is InChI=1S/C12H15BrN4O3/c1-8(7-18)3-14-12(19)11-2-10(20-16-11)6-17-5-9(13)4-15-17/h2,4-5,8,18H,3,6-7H2,1H3,(H,14,19). The minimum atomic E-state index is -0.318. The van der Waals surface area contributed by atoms with Crippen molar-refractivity contribution in [2.45, 2.75) is 13.5 Å². The number of nitrogens with one attached hydrogen (secondary N) is 1. The molecule has 0 aliphatic carbocycles. The lowest BCUT2D eigenvalue weighted by molar-refractivity contribution is 0.0933. The fraction of sp³-hybridized carbons (Fsp3) is 0.417. The first-order valence-electron chi connectivity index (χ1n) is 6.11. The zero-order valence-corrected chi connectivity index (χ0v) is 12.5. The Morgan fingerprint density at radius 3 is 3.10 bits per heavy atom. The Kier molecular flexibility index (Phi) is 4.91. The summed E-state index contributed by atoms with van der Waals surface area (Å²) in [4.78, 5) is 11.8. The lowest BCUT2D eigenvalue weighted by Crippen LogP contribution is -2.29. The van der Waals surface area contributed by atoms with Gasteiger partial charge in [0, 0.05) is 25.4 Å². The van der Waals surface area contributed by atoms with Crippen LogP contribution in [0.15, 0.2) is 27.5 Å². The number of nitrogens with zero attached hydrogens (tertiary/aromatic N) is 3. The third kappa shape index (κ3) is 3.91. The third-order valence-electron chi connectivity index (χ3n) is 2.63. The number of halogens is 1. The average molecular weight is 343 g/mol. The molecule has 1 amide bonds. The van der Waals surface area contributed by atoms with Gasteiger partial charge >= 0.3 is 0 Å². The number of aliphatic hydroxyl groups excluding tert-OH is 1. The van der Waals surface area contributed by atoms with E-state index in [2.05, 4.69) is 31.5 Å². The van der Waals surface area contributed by atoms with Crippen LogP contribution in [0.4, 0.5) is 0 Å². The molecule has 2 heterocycles. The van der Waals surface area contributed by atoms with Gasteiger partial charge in [0.2, 0.25) is 0 Å². The van der Waals surface area contributed by atoms with Crippen LogP contribution >= 0.6 is 15.9 Å². The molecule has 1 unspecified atom stereocenters. The van der Waals surface area contributed by atoms with Crippen LogP contribution in [0.3, 0.4) is 0 Å². The van der Waals surface area contributed by atoms with Crippen molar-refractivity contribution in [1.82, 2.24) is 20.3 Å². The first-order chi connectivity index (χ1) is 9.58. The molecule has 0 aliphatic rings. The van der Waals surface area contributed by atoms with E-state index in [4.69, 9.17) is 9.63 Å². The van der Waals surface area contributed by atoms with Gasteiger partial charge in [0.25, 0.3) is 5.91 Å². The van der Waals surface area contributed by atoms with E-state index in [1.807, 2.05) is 6.92 Å². The molecule has 2 aromatic heterocycles. The number of hydrogen-bond donors (Lipinski definition) is 2. The van der Waals surface area contributed by atoms with Gasteiger partial charge in [-0.1, -0.05) is 12.1 Å². The predicted octanol–water partition coefficient (Wildman–Crippen LogP) is 1.04. The van der Waals surface area contributed by atoms with Crippen LogP contribution in [0.5, 0.6) is 0 Å². The molecule has 0 spiro atoms. The number of carbonyl (C=O) groups is 1. The van der Waals surface area contributed by atoms with Gasteiger partial charge in [-0.25, -0.2) is 0 Å². The second kappa shape index (κ2) is 6.67. The highest BCUT2D eigenvalue weighted by Gasteiger charge is 2.13. The molecule has 8 heteroatoms.